The monoisotopic (exact) mass is 522 g/mol. The molecule has 0 aliphatic heterocycles. The Labute approximate surface area is 208 Å². The summed E-state index contributed by atoms with van der Waals surface area (Å²) in [6, 6.07) is 16.6. The highest BCUT2D eigenvalue weighted by Gasteiger charge is 2.62. The van der Waals surface area contributed by atoms with Gasteiger partial charge in [0.15, 0.2) is 17.7 Å². The summed E-state index contributed by atoms with van der Waals surface area (Å²) in [7, 11) is 0.920. The number of nitrogens with one attached hydrogen (secondary N) is 1. The van der Waals surface area contributed by atoms with E-state index in [1.165, 1.54) is 6.33 Å². The van der Waals surface area contributed by atoms with Crippen LogP contribution in [-0.4, -0.2) is 49.4 Å². The number of carbonyl (C=O) groups excluding carboxylic acids is 1. The molecule has 0 spiro atoms. The van der Waals surface area contributed by atoms with E-state index in [-0.39, 0.29) is 18.8 Å². The Bertz CT molecular complexity index is 1260. The number of aromatic amines is 1. The van der Waals surface area contributed by atoms with Gasteiger partial charge in [-0.15, -0.1) is 10.2 Å². The molecule has 13 heteroatoms. The minimum Gasteiger partial charge on any atom is -0.464 e. The maximum atomic E-state index is 14.2. The van der Waals surface area contributed by atoms with Gasteiger partial charge >= 0.3 is 18.1 Å². The van der Waals surface area contributed by atoms with Crippen LogP contribution < -0.4 is 0 Å². The zero-order chi connectivity index (χ0) is 27.1. The normalized spacial score (nSPS) is 11.5. The third-order valence-electron chi connectivity index (χ3n) is 5.22. The molecule has 37 heavy (non-hydrogen) atoms. The van der Waals surface area contributed by atoms with Gasteiger partial charge < -0.3 is 9.30 Å². The second-order valence-corrected chi connectivity index (χ2v) is 7.75. The van der Waals surface area contributed by atoms with E-state index >= 15 is 0 Å². The first-order chi connectivity index (χ1) is 17.6. The largest absolute Gasteiger partial charge is 0.464 e. The molecule has 0 atom stereocenters. The lowest BCUT2D eigenvalue weighted by molar-refractivity contribution is -0.291. The van der Waals surface area contributed by atoms with Crippen molar-refractivity contribution in [1.82, 2.24) is 30.2 Å². The summed E-state index contributed by atoms with van der Waals surface area (Å²) in [6.07, 6.45) is -4.03. The van der Waals surface area contributed by atoms with Crippen molar-refractivity contribution in [3.63, 3.8) is 0 Å². The Morgan fingerprint density at radius 2 is 1.65 bits per heavy atom. The summed E-state index contributed by atoms with van der Waals surface area (Å²) in [6.45, 7) is 1.61. The fraction of sp³-hybridized carbons (Fsp3) is 0.292. The molecular formula is C24H23F5N6O2. The fourth-order valence-corrected chi connectivity index (χ4v) is 3.49. The van der Waals surface area contributed by atoms with Crippen molar-refractivity contribution in [3.8, 4) is 11.1 Å². The van der Waals surface area contributed by atoms with Crippen LogP contribution in [0.5, 0.6) is 0 Å². The van der Waals surface area contributed by atoms with E-state index in [9.17, 15) is 26.7 Å². The predicted molar refractivity (Wildman–Crippen MR) is 123 cm³/mol. The van der Waals surface area contributed by atoms with Gasteiger partial charge in [-0.05, 0) is 23.1 Å². The molecule has 196 valence electrons. The molecule has 0 saturated carbocycles. The lowest BCUT2D eigenvalue weighted by atomic mass is 10.0. The number of benzene rings is 2. The van der Waals surface area contributed by atoms with Crippen molar-refractivity contribution < 1.29 is 31.5 Å². The molecule has 2 aromatic carbocycles. The third-order valence-corrected chi connectivity index (χ3v) is 5.22. The number of aromatic nitrogens is 6. The molecule has 0 amide bonds. The predicted octanol–water partition coefficient (Wildman–Crippen LogP) is 5.19. The number of ether oxygens (including phenoxy) is 1. The van der Waals surface area contributed by atoms with E-state index in [0.29, 0.717) is 12.0 Å². The molecular weight excluding hydrogens is 499 g/mol. The van der Waals surface area contributed by atoms with E-state index in [1.807, 2.05) is 42.5 Å². The summed E-state index contributed by atoms with van der Waals surface area (Å²) in [5.41, 5.74) is -0.0555. The molecule has 0 aliphatic rings. The summed E-state index contributed by atoms with van der Waals surface area (Å²) in [4.78, 5) is 15.9. The molecule has 2 heterocycles. The first-order valence-electron chi connectivity index (χ1n) is 11.0. The first kappa shape index (κ1) is 27.4. The Morgan fingerprint density at radius 1 is 1.00 bits per heavy atom. The number of tetrazole rings is 1. The zero-order valence-electron chi connectivity index (χ0n) is 19.8. The number of H-pyrrole nitrogens is 1. The number of esters is 1. The molecule has 1 N–H and O–H groups in total. The summed E-state index contributed by atoms with van der Waals surface area (Å²) in [5, 5.41) is 12.2. The van der Waals surface area contributed by atoms with Gasteiger partial charge in [0.2, 0.25) is 0 Å². The molecule has 4 aromatic rings. The van der Waals surface area contributed by atoms with E-state index in [2.05, 4.69) is 30.3 Å². The number of nitrogens with zero attached hydrogens (tertiary/aromatic N) is 5. The van der Waals surface area contributed by atoms with E-state index in [1.54, 1.807) is 19.1 Å². The number of alkyl halides is 5. The number of methoxy groups -OCH3 is 1. The fourth-order valence-electron chi connectivity index (χ4n) is 3.49. The third kappa shape index (κ3) is 6.35. The minimum atomic E-state index is -5.91. The van der Waals surface area contributed by atoms with Crippen molar-refractivity contribution in [3.05, 3.63) is 83.7 Å². The number of imidazole rings is 1. The SMILES string of the molecule is CCCc1nc(C(F)(F)C(F)(F)F)c(C(=O)OC)n1Cc1ccc(-c2ccccc2)cc1.c1nn[nH]n1. The van der Waals surface area contributed by atoms with Crippen LogP contribution in [0.1, 0.15) is 40.9 Å². The molecule has 0 fully saturated rings. The second-order valence-electron chi connectivity index (χ2n) is 7.75. The number of aryl methyl sites for hydroxylation is 1. The molecule has 2 aromatic heterocycles. The van der Waals surface area contributed by atoms with Crippen LogP contribution in [0.3, 0.4) is 0 Å². The highest BCUT2D eigenvalue weighted by Crippen LogP contribution is 2.45. The van der Waals surface area contributed by atoms with Crippen LogP contribution in [0.25, 0.3) is 11.1 Å². The average molecular weight is 522 g/mol. The van der Waals surface area contributed by atoms with E-state index in [4.69, 9.17) is 0 Å². The van der Waals surface area contributed by atoms with Crippen LogP contribution in [0.2, 0.25) is 0 Å². The summed E-state index contributed by atoms with van der Waals surface area (Å²) >= 11 is 0. The maximum Gasteiger partial charge on any atom is 0.459 e. The minimum absolute atomic E-state index is 0.0426. The van der Waals surface area contributed by atoms with Crippen molar-refractivity contribution >= 4 is 5.97 Å². The number of carbonyl (C=O) groups is 1. The lowest BCUT2D eigenvalue weighted by Gasteiger charge is -2.19. The Morgan fingerprint density at radius 3 is 2.14 bits per heavy atom. The molecule has 0 bridgehead atoms. The van der Waals surface area contributed by atoms with Crippen molar-refractivity contribution in [1.29, 1.82) is 0 Å². The molecule has 0 unspecified atom stereocenters. The van der Waals surface area contributed by atoms with Gasteiger partial charge in [0, 0.05) is 13.0 Å². The van der Waals surface area contributed by atoms with Crippen molar-refractivity contribution in [2.24, 2.45) is 0 Å². The van der Waals surface area contributed by atoms with Crippen molar-refractivity contribution in [2.45, 2.75) is 38.4 Å². The van der Waals surface area contributed by atoms with Gasteiger partial charge in [0.05, 0.1) is 7.11 Å². The average Bonchev–Trinajstić information content (AvgIpc) is 3.57. The number of hydrogen-bond acceptors (Lipinski definition) is 6. The smallest absolute Gasteiger partial charge is 0.459 e. The topological polar surface area (TPSA) is 98.6 Å². The highest BCUT2D eigenvalue weighted by molar-refractivity contribution is 5.89. The standard InChI is InChI=1S/C23H21F5N2O2.CH2N4/c1-3-7-18-29-20(22(24,25)23(26,27)28)19(21(31)32-2)30(18)14-15-10-12-17(13-11-15)16-8-5-4-6-9-16;1-2-4-5-3-1/h4-6,8-13H,3,7,14H2,1-2H3;1H,(H,2,3,4,5). The molecule has 0 aliphatic carbocycles. The van der Waals surface area contributed by atoms with Crippen LogP contribution >= 0.6 is 0 Å². The highest BCUT2D eigenvalue weighted by atomic mass is 19.4. The molecule has 4 rings (SSSR count). The summed E-state index contributed by atoms with van der Waals surface area (Å²) < 4.78 is 73.3. The Kier molecular flexibility index (Phi) is 8.69. The van der Waals surface area contributed by atoms with Gasteiger partial charge in [-0.3, -0.25) is 0 Å². The second kappa shape index (κ2) is 11.7. The summed E-state index contributed by atoms with van der Waals surface area (Å²) in [5.74, 6) is -6.65. The van der Waals surface area contributed by atoms with Gasteiger partial charge in [0.1, 0.15) is 5.82 Å². The quantitative estimate of drug-likeness (QED) is 0.265. The van der Waals surface area contributed by atoms with Gasteiger partial charge in [-0.1, -0.05) is 66.7 Å². The van der Waals surface area contributed by atoms with Gasteiger partial charge in [-0.2, -0.15) is 27.2 Å². The van der Waals surface area contributed by atoms with E-state index in [0.717, 1.165) is 22.8 Å². The first-order valence-corrected chi connectivity index (χ1v) is 11.0. The van der Waals surface area contributed by atoms with Gasteiger partial charge in [0.25, 0.3) is 0 Å². The van der Waals surface area contributed by atoms with Crippen LogP contribution in [0.4, 0.5) is 22.0 Å². The maximum absolute atomic E-state index is 14.2. The van der Waals surface area contributed by atoms with Gasteiger partial charge in [-0.25, -0.2) is 9.78 Å². The van der Waals surface area contributed by atoms with Crippen LogP contribution in [-0.2, 0) is 23.6 Å². The Hall–Kier alpha value is -4.16. The number of rotatable bonds is 7. The number of hydrogen-bond donors (Lipinski definition) is 1. The lowest BCUT2D eigenvalue weighted by Crippen LogP contribution is -2.36. The van der Waals surface area contributed by atoms with Crippen molar-refractivity contribution in [2.75, 3.05) is 7.11 Å². The van der Waals surface area contributed by atoms with Crippen LogP contribution in [0, 0.1) is 0 Å². The molecule has 8 nitrogen and oxygen atoms in total. The molecule has 0 radical (unpaired) electrons. The molecule has 0 saturated heterocycles. The Balaban J connectivity index is 0.000000678. The van der Waals surface area contributed by atoms with E-state index < -0.39 is 29.5 Å². The van der Waals surface area contributed by atoms with Crippen LogP contribution in [0.15, 0.2) is 60.9 Å². The number of halogens is 5. The zero-order valence-corrected chi connectivity index (χ0v) is 19.8.